The van der Waals surface area contributed by atoms with Crippen LogP contribution in [-0.4, -0.2) is 23.7 Å². The monoisotopic (exact) mass is 458 g/mol. The second kappa shape index (κ2) is 7.90. The van der Waals surface area contributed by atoms with Gasteiger partial charge in [0.25, 0.3) is 15.9 Å². The van der Waals surface area contributed by atoms with Gasteiger partial charge >= 0.3 is 0 Å². The van der Waals surface area contributed by atoms with E-state index in [1.54, 1.807) is 36.4 Å². The van der Waals surface area contributed by atoms with Gasteiger partial charge in [0.1, 0.15) is 0 Å². The van der Waals surface area contributed by atoms with Crippen molar-refractivity contribution in [3.63, 3.8) is 0 Å². The van der Waals surface area contributed by atoms with Gasteiger partial charge in [0.15, 0.2) is 4.32 Å². The standard InChI is InChI=1S/C17H12Cl2N2O3S3/c1-10-2-5-12(6-3-10)27(23,24)20-21-16(22)15(26-17(21)25)9-11-4-7-13(18)14(19)8-11/h2-9,20H,1H3/b15-9+. The molecule has 0 aliphatic carbocycles. The SMILES string of the molecule is Cc1ccc(S(=O)(=O)NN2C(=O)/C(=C\c3ccc(Cl)c(Cl)c3)SC2=S)cc1. The number of nitrogens with one attached hydrogen (secondary N) is 1. The summed E-state index contributed by atoms with van der Waals surface area (Å²) in [5.41, 5.74) is 1.57. The number of benzene rings is 2. The number of carbonyl (C=O) groups excluding carboxylic acids is 1. The van der Waals surface area contributed by atoms with Crippen LogP contribution in [0.5, 0.6) is 0 Å². The first-order valence-corrected chi connectivity index (χ1v) is 11.0. The maximum atomic E-state index is 12.6. The normalized spacial score (nSPS) is 16.4. The Balaban J connectivity index is 1.84. The van der Waals surface area contributed by atoms with Crippen molar-refractivity contribution in [1.29, 1.82) is 0 Å². The fourth-order valence-electron chi connectivity index (χ4n) is 2.19. The fraction of sp³-hybridized carbons (Fsp3) is 0.0588. The molecule has 2 aromatic carbocycles. The van der Waals surface area contributed by atoms with Crippen molar-refractivity contribution < 1.29 is 13.2 Å². The molecule has 0 atom stereocenters. The van der Waals surface area contributed by atoms with Gasteiger partial charge in [0.2, 0.25) is 0 Å². The van der Waals surface area contributed by atoms with Gasteiger partial charge in [0.05, 0.1) is 19.8 Å². The molecular weight excluding hydrogens is 447 g/mol. The lowest BCUT2D eigenvalue weighted by molar-refractivity contribution is -0.123. The van der Waals surface area contributed by atoms with Crippen LogP contribution in [0.4, 0.5) is 0 Å². The number of thioether (sulfide) groups is 1. The largest absolute Gasteiger partial charge is 0.281 e. The number of nitrogens with zero attached hydrogens (tertiary/aromatic N) is 1. The molecule has 2 aromatic rings. The van der Waals surface area contributed by atoms with Crippen LogP contribution in [0, 0.1) is 6.92 Å². The van der Waals surface area contributed by atoms with Gasteiger partial charge in [-0.05, 0) is 42.8 Å². The smallest absolute Gasteiger partial charge is 0.267 e. The van der Waals surface area contributed by atoms with Gasteiger partial charge in [-0.1, -0.05) is 70.9 Å². The van der Waals surface area contributed by atoms with Crippen LogP contribution < -0.4 is 4.83 Å². The van der Waals surface area contributed by atoms with E-state index in [0.29, 0.717) is 15.6 Å². The Bertz CT molecular complexity index is 1070. The minimum Gasteiger partial charge on any atom is -0.267 e. The van der Waals surface area contributed by atoms with Crippen LogP contribution in [-0.2, 0) is 14.8 Å². The average molecular weight is 459 g/mol. The molecule has 10 heteroatoms. The number of hydrogen-bond acceptors (Lipinski definition) is 5. The quantitative estimate of drug-likeness (QED) is 0.543. The molecule has 1 heterocycles. The van der Waals surface area contributed by atoms with Crippen molar-refractivity contribution in [3.8, 4) is 0 Å². The van der Waals surface area contributed by atoms with Gasteiger partial charge in [-0.3, -0.25) is 4.79 Å². The summed E-state index contributed by atoms with van der Waals surface area (Å²) in [6.45, 7) is 1.85. The topological polar surface area (TPSA) is 66.5 Å². The van der Waals surface area contributed by atoms with Crippen LogP contribution in [0.25, 0.3) is 6.08 Å². The number of thiocarbonyl (C=S) groups is 1. The maximum absolute atomic E-state index is 12.6. The molecule has 1 aliphatic heterocycles. The summed E-state index contributed by atoms with van der Waals surface area (Å²) in [6, 6.07) is 11.2. The van der Waals surface area contributed by atoms with Crippen molar-refractivity contribution in [3.05, 3.63) is 68.5 Å². The molecule has 0 aromatic heterocycles. The molecule has 1 N–H and O–H groups in total. The Labute approximate surface area is 176 Å². The highest BCUT2D eigenvalue weighted by atomic mass is 35.5. The van der Waals surface area contributed by atoms with Gasteiger partial charge in [-0.25, -0.2) is 13.4 Å². The van der Waals surface area contributed by atoms with Gasteiger partial charge in [-0.15, -0.1) is 4.83 Å². The third-order valence-electron chi connectivity index (χ3n) is 3.58. The predicted molar refractivity (Wildman–Crippen MR) is 113 cm³/mol. The lowest BCUT2D eigenvalue weighted by Crippen LogP contribution is -2.44. The number of aryl methyl sites for hydroxylation is 1. The Hall–Kier alpha value is -1.42. The Morgan fingerprint density at radius 1 is 1.11 bits per heavy atom. The zero-order valence-electron chi connectivity index (χ0n) is 13.8. The third-order valence-corrected chi connectivity index (χ3v) is 6.93. The molecule has 1 fully saturated rings. The van der Waals surface area contributed by atoms with Crippen molar-refractivity contribution in [2.75, 3.05) is 0 Å². The van der Waals surface area contributed by atoms with Gasteiger partial charge < -0.3 is 0 Å². The van der Waals surface area contributed by atoms with Crippen LogP contribution in [0.1, 0.15) is 11.1 Å². The van der Waals surface area contributed by atoms with Crippen LogP contribution >= 0.6 is 47.2 Å². The minimum atomic E-state index is -3.95. The summed E-state index contributed by atoms with van der Waals surface area (Å²) < 4.78 is 25.1. The summed E-state index contributed by atoms with van der Waals surface area (Å²) in [4.78, 5) is 15.1. The first-order valence-electron chi connectivity index (χ1n) is 7.49. The third kappa shape index (κ3) is 4.53. The van der Waals surface area contributed by atoms with E-state index >= 15 is 0 Å². The van der Waals surface area contributed by atoms with E-state index in [0.717, 1.165) is 22.3 Å². The molecule has 0 spiro atoms. The zero-order chi connectivity index (χ0) is 19.8. The second-order valence-corrected chi connectivity index (χ2v) is 9.75. The van der Waals surface area contributed by atoms with Crippen LogP contribution in [0.2, 0.25) is 10.0 Å². The Kier molecular flexibility index (Phi) is 5.95. The highest BCUT2D eigenvalue weighted by molar-refractivity contribution is 8.26. The summed E-state index contributed by atoms with van der Waals surface area (Å²) >= 11 is 18.0. The lowest BCUT2D eigenvalue weighted by atomic mass is 10.2. The molecule has 1 saturated heterocycles. The first kappa shape index (κ1) is 20.3. The highest BCUT2D eigenvalue weighted by Crippen LogP contribution is 2.33. The van der Waals surface area contributed by atoms with Crippen molar-refractivity contribution in [2.45, 2.75) is 11.8 Å². The number of hydrogen-bond donors (Lipinski definition) is 1. The van der Waals surface area contributed by atoms with E-state index in [9.17, 15) is 13.2 Å². The molecule has 27 heavy (non-hydrogen) atoms. The molecule has 0 unspecified atom stereocenters. The molecule has 1 amide bonds. The summed E-state index contributed by atoms with van der Waals surface area (Å²) in [5.74, 6) is -0.563. The molecule has 3 rings (SSSR count). The molecule has 5 nitrogen and oxygen atoms in total. The summed E-state index contributed by atoms with van der Waals surface area (Å²) in [7, 11) is -3.95. The van der Waals surface area contributed by atoms with Crippen molar-refractivity contribution in [2.24, 2.45) is 0 Å². The van der Waals surface area contributed by atoms with Crippen LogP contribution in [0.15, 0.2) is 52.3 Å². The lowest BCUT2D eigenvalue weighted by Gasteiger charge is -2.16. The van der Waals surface area contributed by atoms with E-state index in [-0.39, 0.29) is 14.1 Å². The number of halogens is 2. The molecule has 0 saturated carbocycles. The maximum Gasteiger partial charge on any atom is 0.281 e. The average Bonchev–Trinajstić information content (AvgIpc) is 2.86. The molecule has 140 valence electrons. The summed E-state index contributed by atoms with van der Waals surface area (Å²) in [5, 5.41) is 1.59. The Morgan fingerprint density at radius 3 is 2.41 bits per heavy atom. The fourth-order valence-corrected chi connectivity index (χ4v) is 4.81. The van der Waals surface area contributed by atoms with E-state index in [2.05, 4.69) is 4.83 Å². The zero-order valence-corrected chi connectivity index (χ0v) is 17.7. The second-order valence-electron chi connectivity index (χ2n) is 5.60. The molecule has 1 aliphatic rings. The number of sulfonamides is 1. The Morgan fingerprint density at radius 2 is 1.78 bits per heavy atom. The van der Waals surface area contributed by atoms with Gasteiger partial charge in [0, 0.05) is 0 Å². The van der Waals surface area contributed by atoms with E-state index in [1.807, 2.05) is 6.92 Å². The number of amides is 1. The van der Waals surface area contributed by atoms with Crippen molar-refractivity contribution >= 4 is 73.5 Å². The number of hydrazine groups is 1. The molecule has 0 radical (unpaired) electrons. The summed E-state index contributed by atoms with van der Waals surface area (Å²) in [6.07, 6.45) is 1.57. The van der Waals surface area contributed by atoms with E-state index < -0.39 is 15.9 Å². The molecular formula is C17H12Cl2N2O3S3. The minimum absolute atomic E-state index is 0.0376. The van der Waals surface area contributed by atoms with Gasteiger partial charge in [-0.2, -0.15) is 0 Å². The van der Waals surface area contributed by atoms with Crippen LogP contribution in [0.3, 0.4) is 0 Å². The number of rotatable bonds is 4. The predicted octanol–water partition coefficient (Wildman–Crippen LogP) is 4.40. The first-order chi connectivity index (χ1) is 12.7. The number of carbonyl (C=O) groups is 1. The molecule has 0 bridgehead atoms. The van der Waals surface area contributed by atoms with E-state index in [4.69, 9.17) is 35.4 Å². The highest BCUT2D eigenvalue weighted by Gasteiger charge is 2.35. The van der Waals surface area contributed by atoms with E-state index in [1.165, 1.54) is 12.1 Å². The van der Waals surface area contributed by atoms with Crippen molar-refractivity contribution in [1.82, 2.24) is 9.84 Å².